The van der Waals surface area contributed by atoms with Crippen LogP contribution in [0.5, 0.6) is 5.75 Å². The number of methoxy groups -OCH3 is 1. The van der Waals surface area contributed by atoms with Crippen LogP contribution in [0, 0.1) is 0 Å². The first kappa shape index (κ1) is 13.3. The Bertz CT molecular complexity index is 593. The number of nitrogens with zero attached hydrogens (tertiary/aromatic N) is 1. The van der Waals surface area contributed by atoms with Gasteiger partial charge in [-0.15, -0.1) is 0 Å². The molecule has 1 aromatic carbocycles. The van der Waals surface area contributed by atoms with Gasteiger partial charge in [-0.3, -0.25) is 9.78 Å². The minimum absolute atomic E-state index is 0.102. The lowest BCUT2D eigenvalue weighted by atomic mass is 10.0. The molecular formula is C15H17NO3. The van der Waals surface area contributed by atoms with Crippen LogP contribution in [0.2, 0.25) is 0 Å². The predicted octanol–water partition coefficient (Wildman–Crippen LogP) is 2.74. The number of rotatable bonds is 4. The van der Waals surface area contributed by atoms with Gasteiger partial charge in [-0.1, -0.05) is 12.1 Å². The first-order valence-electron chi connectivity index (χ1n) is 6.22. The molecule has 0 bridgehead atoms. The molecule has 0 aliphatic carbocycles. The molecule has 2 rings (SSSR count). The van der Waals surface area contributed by atoms with Gasteiger partial charge in [-0.2, -0.15) is 0 Å². The van der Waals surface area contributed by atoms with E-state index in [1.165, 1.54) is 0 Å². The number of esters is 1. The Labute approximate surface area is 112 Å². The molecule has 0 saturated heterocycles. The molecule has 0 N–H and O–H groups in total. The molecule has 1 heterocycles. The second kappa shape index (κ2) is 5.69. The molecule has 2 aromatic rings. The zero-order valence-corrected chi connectivity index (χ0v) is 11.3. The average Bonchev–Trinajstić information content (AvgIpc) is 2.38. The highest BCUT2D eigenvalue weighted by Gasteiger charge is 2.12. The van der Waals surface area contributed by atoms with Gasteiger partial charge >= 0.3 is 5.97 Å². The summed E-state index contributed by atoms with van der Waals surface area (Å²) in [7, 11) is 1.61. The van der Waals surface area contributed by atoms with Crippen molar-refractivity contribution in [2.24, 2.45) is 0 Å². The molecule has 19 heavy (non-hydrogen) atoms. The van der Waals surface area contributed by atoms with E-state index in [1.807, 2.05) is 38.1 Å². The Kier molecular flexibility index (Phi) is 4.00. The highest BCUT2D eigenvalue weighted by molar-refractivity contribution is 5.90. The van der Waals surface area contributed by atoms with E-state index in [0.717, 1.165) is 16.5 Å². The Hall–Kier alpha value is -2.10. The minimum atomic E-state index is -0.231. The second-order valence-corrected chi connectivity index (χ2v) is 4.54. The molecule has 1 aromatic heterocycles. The molecule has 0 aliphatic rings. The first-order chi connectivity index (χ1) is 9.11. The molecule has 0 atom stereocenters. The summed E-state index contributed by atoms with van der Waals surface area (Å²) in [4.78, 5) is 16.1. The van der Waals surface area contributed by atoms with Gasteiger partial charge in [0.2, 0.25) is 0 Å². The van der Waals surface area contributed by atoms with Crippen molar-refractivity contribution < 1.29 is 14.3 Å². The van der Waals surface area contributed by atoms with E-state index >= 15 is 0 Å². The number of carbonyl (C=O) groups is 1. The van der Waals surface area contributed by atoms with Gasteiger partial charge in [-0.05, 0) is 31.5 Å². The summed E-state index contributed by atoms with van der Waals surface area (Å²) in [6.45, 7) is 3.68. The average molecular weight is 259 g/mol. The lowest BCUT2D eigenvalue weighted by molar-refractivity contribution is -0.146. The smallest absolute Gasteiger partial charge is 0.310 e. The van der Waals surface area contributed by atoms with Gasteiger partial charge in [0.15, 0.2) is 0 Å². The van der Waals surface area contributed by atoms with Crippen molar-refractivity contribution in [1.82, 2.24) is 4.98 Å². The molecule has 4 nitrogen and oxygen atoms in total. The molecule has 0 unspecified atom stereocenters. The highest BCUT2D eigenvalue weighted by atomic mass is 16.5. The normalized spacial score (nSPS) is 10.7. The summed E-state index contributed by atoms with van der Waals surface area (Å²) in [6.07, 6.45) is 1.85. The van der Waals surface area contributed by atoms with Crippen LogP contribution in [0.15, 0.2) is 30.5 Å². The summed E-state index contributed by atoms with van der Waals surface area (Å²) in [5.41, 5.74) is 1.66. The van der Waals surface area contributed by atoms with Crippen molar-refractivity contribution in [1.29, 1.82) is 0 Å². The molecule has 4 heteroatoms. The van der Waals surface area contributed by atoms with Gasteiger partial charge in [0.1, 0.15) is 11.3 Å². The number of aromatic nitrogens is 1. The fourth-order valence-corrected chi connectivity index (χ4v) is 1.98. The van der Waals surface area contributed by atoms with Crippen LogP contribution >= 0.6 is 0 Å². The third-order valence-electron chi connectivity index (χ3n) is 2.74. The number of pyridine rings is 1. The van der Waals surface area contributed by atoms with Gasteiger partial charge < -0.3 is 9.47 Å². The maximum atomic E-state index is 11.7. The fourth-order valence-electron chi connectivity index (χ4n) is 1.98. The van der Waals surface area contributed by atoms with Gasteiger partial charge in [0, 0.05) is 11.6 Å². The molecule has 0 radical (unpaired) electrons. The minimum Gasteiger partial charge on any atom is -0.494 e. The molecule has 0 saturated carbocycles. The zero-order chi connectivity index (χ0) is 13.8. The second-order valence-electron chi connectivity index (χ2n) is 4.54. The number of hydrogen-bond acceptors (Lipinski definition) is 4. The summed E-state index contributed by atoms with van der Waals surface area (Å²) in [5, 5.41) is 0.919. The van der Waals surface area contributed by atoms with E-state index in [1.54, 1.807) is 13.3 Å². The van der Waals surface area contributed by atoms with Crippen LogP contribution < -0.4 is 4.74 Å². The summed E-state index contributed by atoms with van der Waals surface area (Å²) in [5.74, 6) is 0.474. The van der Waals surface area contributed by atoms with E-state index in [2.05, 4.69) is 4.98 Å². The van der Waals surface area contributed by atoms with Gasteiger partial charge in [-0.25, -0.2) is 0 Å². The van der Waals surface area contributed by atoms with Crippen LogP contribution in [0.25, 0.3) is 10.9 Å². The number of hydrogen-bond donors (Lipinski definition) is 0. The molecule has 0 fully saturated rings. The van der Waals surface area contributed by atoms with Crippen molar-refractivity contribution >= 4 is 16.9 Å². The predicted molar refractivity (Wildman–Crippen MR) is 73.2 cm³/mol. The van der Waals surface area contributed by atoms with Crippen molar-refractivity contribution in [2.75, 3.05) is 7.11 Å². The van der Waals surface area contributed by atoms with E-state index < -0.39 is 0 Å². The first-order valence-corrected chi connectivity index (χ1v) is 6.22. The Morgan fingerprint density at radius 2 is 2.11 bits per heavy atom. The van der Waals surface area contributed by atoms with Crippen molar-refractivity contribution in [2.45, 2.75) is 26.4 Å². The fraction of sp³-hybridized carbons (Fsp3) is 0.333. The SMILES string of the molecule is COc1ccc(CC(=O)OC(C)C)c2cccnc12. The van der Waals surface area contributed by atoms with Crippen molar-refractivity contribution in [3.8, 4) is 5.75 Å². The summed E-state index contributed by atoms with van der Waals surface area (Å²) >= 11 is 0. The van der Waals surface area contributed by atoms with Crippen molar-refractivity contribution in [3.63, 3.8) is 0 Å². The van der Waals surface area contributed by atoms with E-state index in [0.29, 0.717) is 5.75 Å². The third-order valence-corrected chi connectivity index (χ3v) is 2.74. The summed E-state index contributed by atoms with van der Waals surface area (Å²) < 4.78 is 10.4. The maximum absolute atomic E-state index is 11.7. The van der Waals surface area contributed by atoms with Gasteiger partial charge in [0.05, 0.1) is 19.6 Å². The largest absolute Gasteiger partial charge is 0.494 e. The number of carbonyl (C=O) groups excluding carboxylic acids is 1. The topological polar surface area (TPSA) is 48.4 Å². The quantitative estimate of drug-likeness (QED) is 0.792. The number of fused-ring (bicyclic) bond motifs is 1. The third kappa shape index (κ3) is 3.02. The maximum Gasteiger partial charge on any atom is 0.310 e. The monoisotopic (exact) mass is 259 g/mol. The number of benzene rings is 1. The van der Waals surface area contributed by atoms with Crippen LogP contribution in [0.3, 0.4) is 0 Å². The van der Waals surface area contributed by atoms with E-state index in [-0.39, 0.29) is 18.5 Å². The standard InChI is InChI=1S/C15H17NO3/c1-10(2)19-14(17)9-11-6-7-13(18-3)15-12(11)5-4-8-16-15/h4-8,10H,9H2,1-3H3. The molecule has 0 aliphatic heterocycles. The van der Waals surface area contributed by atoms with Crippen LogP contribution in [0.4, 0.5) is 0 Å². The van der Waals surface area contributed by atoms with Crippen LogP contribution in [0.1, 0.15) is 19.4 Å². The van der Waals surface area contributed by atoms with E-state index in [4.69, 9.17) is 9.47 Å². The summed E-state index contributed by atoms with van der Waals surface area (Å²) in [6, 6.07) is 7.49. The molecule has 0 spiro atoms. The van der Waals surface area contributed by atoms with Crippen LogP contribution in [-0.2, 0) is 16.0 Å². The number of ether oxygens (including phenoxy) is 2. The molecule has 0 amide bonds. The van der Waals surface area contributed by atoms with Crippen molar-refractivity contribution in [3.05, 3.63) is 36.0 Å². The Balaban J connectivity index is 2.37. The molecule has 100 valence electrons. The van der Waals surface area contributed by atoms with E-state index in [9.17, 15) is 4.79 Å². The van der Waals surface area contributed by atoms with Gasteiger partial charge in [0.25, 0.3) is 0 Å². The zero-order valence-electron chi connectivity index (χ0n) is 11.3. The lowest BCUT2D eigenvalue weighted by Crippen LogP contribution is -2.13. The highest BCUT2D eigenvalue weighted by Crippen LogP contribution is 2.26. The van der Waals surface area contributed by atoms with Crippen LogP contribution in [-0.4, -0.2) is 24.2 Å². The molecular weight excluding hydrogens is 242 g/mol. The lowest BCUT2D eigenvalue weighted by Gasteiger charge is -2.11. The Morgan fingerprint density at radius 1 is 1.32 bits per heavy atom. The Morgan fingerprint density at radius 3 is 2.79 bits per heavy atom.